The highest BCUT2D eigenvalue weighted by molar-refractivity contribution is 6.00. The zero-order chi connectivity index (χ0) is 13.2. The van der Waals surface area contributed by atoms with Crippen molar-refractivity contribution < 1.29 is 9.90 Å². The van der Waals surface area contributed by atoms with Crippen molar-refractivity contribution in [2.75, 3.05) is 19.6 Å². The van der Waals surface area contributed by atoms with Gasteiger partial charge in [-0.3, -0.25) is 4.79 Å². The summed E-state index contributed by atoms with van der Waals surface area (Å²) in [5.74, 6) is -0.0777. The predicted molar refractivity (Wildman–Crippen MR) is 77.1 cm³/mol. The molecule has 0 spiro atoms. The van der Waals surface area contributed by atoms with Crippen molar-refractivity contribution >= 4 is 23.8 Å². The lowest BCUT2D eigenvalue weighted by Crippen LogP contribution is -2.34. The second-order valence-electron chi connectivity index (χ2n) is 4.78. The number of fused-ring (bicyclic) bond motifs is 1. The molecule has 108 valence electrons. The highest BCUT2D eigenvalue weighted by atomic mass is 35.5. The number of halogens is 1. The van der Waals surface area contributed by atoms with Gasteiger partial charge in [-0.1, -0.05) is 6.07 Å². The summed E-state index contributed by atoms with van der Waals surface area (Å²) in [6, 6.07) is 5.59. The minimum absolute atomic E-state index is 0. The number of amides is 1. The Hall–Kier alpha value is -1.63. The smallest absolute Gasteiger partial charge is 0.255 e. The van der Waals surface area contributed by atoms with E-state index >= 15 is 0 Å². The van der Waals surface area contributed by atoms with Crippen LogP contribution >= 0.6 is 12.4 Å². The van der Waals surface area contributed by atoms with Gasteiger partial charge >= 0.3 is 0 Å². The largest absolute Gasteiger partial charge is 0.391 e. The summed E-state index contributed by atoms with van der Waals surface area (Å²) in [5, 5.41) is 19.8. The number of nitrogens with zero attached hydrogens (tertiary/aromatic N) is 2. The molecule has 2 atom stereocenters. The summed E-state index contributed by atoms with van der Waals surface area (Å²) in [6.45, 7) is 1.80. The van der Waals surface area contributed by atoms with Gasteiger partial charge < -0.3 is 15.7 Å². The van der Waals surface area contributed by atoms with E-state index in [-0.39, 0.29) is 30.3 Å². The molecule has 2 unspecified atom stereocenters. The van der Waals surface area contributed by atoms with E-state index in [1.54, 1.807) is 16.9 Å². The van der Waals surface area contributed by atoms with E-state index < -0.39 is 0 Å². The molecule has 20 heavy (non-hydrogen) atoms. The van der Waals surface area contributed by atoms with Gasteiger partial charge in [0.05, 0.1) is 23.4 Å². The highest BCUT2D eigenvalue weighted by Gasteiger charge is 2.25. The fourth-order valence-corrected chi connectivity index (χ4v) is 2.36. The molecular weight excluding hydrogens is 280 g/mol. The van der Waals surface area contributed by atoms with Gasteiger partial charge in [0.15, 0.2) is 0 Å². The van der Waals surface area contributed by atoms with Crippen molar-refractivity contribution in [2.45, 2.75) is 6.10 Å². The standard InChI is InChI=1S/C13H16N4O2.ClH/c18-12-8-14-5-9(12)6-15-13(19)10-7-16-17-4-2-1-3-11(10)17;/h1-4,7,9,12,14,18H,5-6,8H2,(H,15,19);1H. The van der Waals surface area contributed by atoms with Crippen molar-refractivity contribution in [3.05, 3.63) is 36.2 Å². The van der Waals surface area contributed by atoms with Crippen LogP contribution in [0.2, 0.25) is 0 Å². The minimum atomic E-state index is -0.385. The Morgan fingerprint density at radius 2 is 2.35 bits per heavy atom. The summed E-state index contributed by atoms with van der Waals surface area (Å²) in [7, 11) is 0. The molecule has 1 amide bonds. The molecule has 0 radical (unpaired) electrons. The number of nitrogens with one attached hydrogen (secondary N) is 2. The summed E-state index contributed by atoms with van der Waals surface area (Å²) >= 11 is 0. The fourth-order valence-electron chi connectivity index (χ4n) is 2.36. The van der Waals surface area contributed by atoms with Crippen molar-refractivity contribution in [3.63, 3.8) is 0 Å². The Morgan fingerprint density at radius 1 is 1.50 bits per heavy atom. The molecule has 1 fully saturated rings. The highest BCUT2D eigenvalue weighted by Crippen LogP contribution is 2.11. The molecule has 3 N–H and O–H groups in total. The van der Waals surface area contributed by atoms with Crippen LogP contribution in [0.1, 0.15) is 10.4 Å². The third-order valence-corrected chi connectivity index (χ3v) is 3.50. The van der Waals surface area contributed by atoms with Crippen LogP contribution in [-0.2, 0) is 0 Å². The number of hydrogen-bond acceptors (Lipinski definition) is 4. The number of carbonyl (C=O) groups excluding carboxylic acids is 1. The molecule has 6 nitrogen and oxygen atoms in total. The van der Waals surface area contributed by atoms with Crippen LogP contribution in [0.3, 0.4) is 0 Å². The molecule has 3 heterocycles. The van der Waals surface area contributed by atoms with E-state index in [1.165, 1.54) is 0 Å². The van der Waals surface area contributed by atoms with Crippen molar-refractivity contribution in [1.82, 2.24) is 20.2 Å². The maximum absolute atomic E-state index is 12.1. The van der Waals surface area contributed by atoms with Crippen molar-refractivity contribution in [1.29, 1.82) is 0 Å². The SMILES string of the molecule is Cl.O=C(NCC1CNCC1O)c1cnn2ccccc12. The topological polar surface area (TPSA) is 78.7 Å². The summed E-state index contributed by atoms with van der Waals surface area (Å²) in [6.07, 6.45) is 2.98. The molecule has 3 rings (SSSR count). The van der Waals surface area contributed by atoms with E-state index in [4.69, 9.17) is 0 Å². The summed E-state index contributed by atoms with van der Waals surface area (Å²) < 4.78 is 1.67. The Balaban J connectivity index is 0.00000147. The first-order valence-electron chi connectivity index (χ1n) is 6.35. The number of aliphatic hydroxyl groups is 1. The Bertz CT molecular complexity index is 601. The predicted octanol–water partition coefficient (Wildman–Crippen LogP) is 0.0662. The van der Waals surface area contributed by atoms with Crippen LogP contribution in [0.25, 0.3) is 5.52 Å². The number of rotatable bonds is 3. The lowest BCUT2D eigenvalue weighted by molar-refractivity contribution is 0.0928. The number of β-amino-alcohol motifs (C(OH)–C–C–N with tert-alkyl or cyclic N) is 1. The molecule has 0 bridgehead atoms. The van der Waals surface area contributed by atoms with Crippen LogP contribution in [0.4, 0.5) is 0 Å². The fraction of sp³-hybridized carbons (Fsp3) is 0.385. The van der Waals surface area contributed by atoms with Gasteiger partial charge in [-0.05, 0) is 12.1 Å². The van der Waals surface area contributed by atoms with Gasteiger partial charge in [-0.25, -0.2) is 4.52 Å². The molecule has 2 aromatic heterocycles. The number of aliphatic hydroxyl groups excluding tert-OH is 1. The molecule has 1 aliphatic rings. The lowest BCUT2D eigenvalue weighted by atomic mass is 10.1. The van der Waals surface area contributed by atoms with Crippen molar-refractivity contribution in [3.8, 4) is 0 Å². The zero-order valence-electron chi connectivity index (χ0n) is 10.8. The average Bonchev–Trinajstić information content (AvgIpc) is 3.02. The molecule has 1 saturated heterocycles. The first-order chi connectivity index (χ1) is 9.25. The number of aromatic nitrogens is 2. The molecular formula is C13H17ClN4O2. The van der Waals surface area contributed by atoms with Gasteiger partial charge in [0.25, 0.3) is 5.91 Å². The molecule has 0 aliphatic carbocycles. The Morgan fingerprint density at radius 3 is 3.10 bits per heavy atom. The van der Waals surface area contributed by atoms with Gasteiger partial charge in [-0.2, -0.15) is 5.10 Å². The first-order valence-corrected chi connectivity index (χ1v) is 6.35. The molecule has 7 heteroatoms. The summed E-state index contributed by atoms with van der Waals surface area (Å²) in [5.41, 5.74) is 1.34. The monoisotopic (exact) mass is 296 g/mol. The van der Waals surface area contributed by atoms with E-state index in [2.05, 4.69) is 15.7 Å². The van der Waals surface area contributed by atoms with E-state index in [9.17, 15) is 9.90 Å². The second-order valence-corrected chi connectivity index (χ2v) is 4.78. The van der Waals surface area contributed by atoms with Crippen LogP contribution in [-0.4, -0.2) is 46.4 Å². The third kappa shape index (κ3) is 2.77. The first kappa shape index (κ1) is 14.8. The number of carbonyl (C=O) groups is 1. The van der Waals surface area contributed by atoms with Gasteiger partial charge in [0.1, 0.15) is 0 Å². The quantitative estimate of drug-likeness (QED) is 0.749. The third-order valence-electron chi connectivity index (χ3n) is 3.50. The maximum atomic E-state index is 12.1. The second kappa shape index (κ2) is 6.21. The van der Waals surface area contributed by atoms with Gasteiger partial charge in [-0.15, -0.1) is 12.4 Å². The van der Waals surface area contributed by atoms with Gasteiger partial charge in [0.2, 0.25) is 0 Å². The molecule has 0 aromatic carbocycles. The van der Waals surface area contributed by atoms with Crippen LogP contribution in [0.15, 0.2) is 30.6 Å². The normalized spacial score (nSPS) is 21.6. The van der Waals surface area contributed by atoms with E-state index in [0.717, 1.165) is 12.1 Å². The maximum Gasteiger partial charge on any atom is 0.255 e. The lowest BCUT2D eigenvalue weighted by Gasteiger charge is -2.13. The number of hydrogen-bond donors (Lipinski definition) is 3. The zero-order valence-corrected chi connectivity index (χ0v) is 11.6. The van der Waals surface area contributed by atoms with E-state index in [0.29, 0.717) is 18.7 Å². The van der Waals surface area contributed by atoms with Crippen LogP contribution in [0.5, 0.6) is 0 Å². The van der Waals surface area contributed by atoms with Crippen LogP contribution in [0, 0.1) is 5.92 Å². The summed E-state index contributed by atoms with van der Waals surface area (Å²) in [4.78, 5) is 12.1. The molecule has 2 aromatic rings. The van der Waals surface area contributed by atoms with Crippen LogP contribution < -0.4 is 10.6 Å². The Labute approximate surface area is 122 Å². The average molecular weight is 297 g/mol. The molecule has 0 saturated carbocycles. The number of pyridine rings is 1. The van der Waals surface area contributed by atoms with Gasteiger partial charge in [0, 0.05) is 31.7 Å². The van der Waals surface area contributed by atoms with E-state index in [1.807, 2.05) is 18.2 Å². The molecule has 1 aliphatic heterocycles. The van der Waals surface area contributed by atoms with Crippen molar-refractivity contribution in [2.24, 2.45) is 5.92 Å². The minimum Gasteiger partial charge on any atom is -0.391 e. The Kier molecular flexibility index (Phi) is 4.59.